The molecule has 0 bridgehead atoms. The average molecular weight is 329 g/mol. The molecule has 1 N–H and O–H groups in total. The van der Waals surface area contributed by atoms with E-state index in [4.69, 9.17) is 4.74 Å². The van der Waals surface area contributed by atoms with E-state index in [1.54, 1.807) is 36.0 Å². The Morgan fingerprint density at radius 2 is 1.74 bits per heavy atom. The van der Waals surface area contributed by atoms with Crippen LogP contribution in [-0.2, 0) is 9.53 Å². The van der Waals surface area contributed by atoms with Gasteiger partial charge in [0, 0.05) is 16.2 Å². The lowest BCUT2D eigenvalue weighted by Crippen LogP contribution is -2.30. The Labute approximate surface area is 140 Å². The van der Waals surface area contributed by atoms with Gasteiger partial charge in [-0.15, -0.1) is 11.8 Å². The van der Waals surface area contributed by atoms with Gasteiger partial charge in [0.2, 0.25) is 0 Å². The quantitative estimate of drug-likeness (QED) is 0.482. The highest BCUT2D eigenvalue weighted by atomic mass is 32.2. The zero-order valence-corrected chi connectivity index (χ0v) is 13.8. The van der Waals surface area contributed by atoms with Crippen LogP contribution in [0, 0.1) is 6.92 Å². The number of rotatable bonds is 7. The Hall–Kier alpha value is -2.27. The lowest BCUT2D eigenvalue weighted by atomic mass is 10.2. The average Bonchev–Trinajstić information content (AvgIpc) is 2.59. The van der Waals surface area contributed by atoms with E-state index < -0.39 is 5.97 Å². The summed E-state index contributed by atoms with van der Waals surface area (Å²) in [6.07, 6.45) is 0. The number of hydrogen-bond donors (Lipinski definition) is 1. The SMILES string of the molecule is Cc1ccc(SCCOC(=O)CNC(=O)c2ccccc2)cc1. The van der Waals surface area contributed by atoms with E-state index in [2.05, 4.69) is 5.32 Å². The number of carbonyl (C=O) groups is 2. The Kier molecular flexibility index (Phi) is 6.69. The Balaban J connectivity index is 1.62. The molecule has 0 fully saturated rings. The van der Waals surface area contributed by atoms with Crippen molar-refractivity contribution in [2.45, 2.75) is 11.8 Å². The third kappa shape index (κ3) is 6.16. The van der Waals surface area contributed by atoms with Crippen LogP contribution < -0.4 is 5.32 Å². The van der Waals surface area contributed by atoms with Crippen LogP contribution >= 0.6 is 11.8 Å². The molecule has 0 saturated carbocycles. The van der Waals surface area contributed by atoms with E-state index in [9.17, 15) is 9.59 Å². The maximum absolute atomic E-state index is 11.8. The molecule has 2 aromatic rings. The molecule has 4 nitrogen and oxygen atoms in total. The third-order valence-corrected chi connectivity index (χ3v) is 4.04. The summed E-state index contributed by atoms with van der Waals surface area (Å²) in [5, 5.41) is 2.54. The minimum absolute atomic E-state index is 0.122. The van der Waals surface area contributed by atoms with Crippen molar-refractivity contribution in [2.24, 2.45) is 0 Å². The number of esters is 1. The van der Waals surface area contributed by atoms with E-state index in [0.29, 0.717) is 17.9 Å². The van der Waals surface area contributed by atoms with Crippen LogP contribution in [-0.4, -0.2) is 30.8 Å². The molecule has 120 valence electrons. The van der Waals surface area contributed by atoms with Gasteiger partial charge in [-0.25, -0.2) is 0 Å². The highest BCUT2D eigenvalue weighted by Crippen LogP contribution is 2.17. The molecule has 0 heterocycles. The fourth-order valence-corrected chi connectivity index (χ4v) is 2.58. The van der Waals surface area contributed by atoms with Gasteiger partial charge < -0.3 is 10.1 Å². The second-order valence-corrected chi connectivity index (χ2v) is 6.10. The first-order valence-corrected chi connectivity index (χ1v) is 8.32. The largest absolute Gasteiger partial charge is 0.463 e. The van der Waals surface area contributed by atoms with Gasteiger partial charge in [0.15, 0.2) is 0 Å². The van der Waals surface area contributed by atoms with Crippen LogP contribution in [0.1, 0.15) is 15.9 Å². The summed E-state index contributed by atoms with van der Waals surface area (Å²) in [7, 11) is 0. The summed E-state index contributed by atoms with van der Waals surface area (Å²) in [6.45, 7) is 2.24. The Morgan fingerprint density at radius 1 is 1.04 bits per heavy atom. The molecule has 0 atom stereocenters. The van der Waals surface area contributed by atoms with Crippen LogP contribution in [0.3, 0.4) is 0 Å². The number of ether oxygens (including phenoxy) is 1. The topological polar surface area (TPSA) is 55.4 Å². The molecule has 23 heavy (non-hydrogen) atoms. The van der Waals surface area contributed by atoms with Gasteiger partial charge >= 0.3 is 5.97 Å². The van der Waals surface area contributed by atoms with E-state index >= 15 is 0 Å². The number of carbonyl (C=O) groups excluding carboxylic acids is 2. The number of thioether (sulfide) groups is 1. The van der Waals surface area contributed by atoms with Gasteiger partial charge in [-0.1, -0.05) is 35.9 Å². The van der Waals surface area contributed by atoms with Crippen LogP contribution in [0.5, 0.6) is 0 Å². The fraction of sp³-hybridized carbons (Fsp3) is 0.222. The van der Waals surface area contributed by atoms with Gasteiger partial charge in [-0.2, -0.15) is 0 Å². The molecular weight excluding hydrogens is 310 g/mol. The van der Waals surface area contributed by atoms with Crippen molar-refractivity contribution in [1.82, 2.24) is 5.32 Å². The van der Waals surface area contributed by atoms with Gasteiger partial charge in [-0.05, 0) is 31.2 Å². The van der Waals surface area contributed by atoms with Crippen molar-refractivity contribution in [3.63, 3.8) is 0 Å². The monoisotopic (exact) mass is 329 g/mol. The van der Waals surface area contributed by atoms with Crippen molar-refractivity contribution < 1.29 is 14.3 Å². The van der Waals surface area contributed by atoms with Crippen LogP contribution in [0.4, 0.5) is 0 Å². The number of nitrogens with one attached hydrogen (secondary N) is 1. The number of benzene rings is 2. The van der Waals surface area contributed by atoms with E-state index in [1.807, 2.05) is 37.3 Å². The number of hydrogen-bond acceptors (Lipinski definition) is 4. The van der Waals surface area contributed by atoms with Crippen LogP contribution in [0.2, 0.25) is 0 Å². The first kappa shape index (κ1) is 17.1. The van der Waals surface area contributed by atoms with Gasteiger partial charge in [0.25, 0.3) is 5.91 Å². The minimum Gasteiger partial charge on any atom is -0.463 e. The highest BCUT2D eigenvalue weighted by molar-refractivity contribution is 7.99. The minimum atomic E-state index is -0.432. The van der Waals surface area contributed by atoms with Crippen LogP contribution in [0.25, 0.3) is 0 Å². The summed E-state index contributed by atoms with van der Waals surface area (Å²) >= 11 is 1.63. The predicted octanol–water partition coefficient (Wildman–Crippen LogP) is 3.06. The van der Waals surface area contributed by atoms with E-state index in [0.717, 1.165) is 4.90 Å². The van der Waals surface area contributed by atoms with Crippen molar-refractivity contribution in [2.75, 3.05) is 18.9 Å². The highest BCUT2D eigenvalue weighted by Gasteiger charge is 2.08. The molecule has 2 rings (SSSR count). The molecule has 0 unspecified atom stereocenters. The van der Waals surface area contributed by atoms with E-state index in [1.165, 1.54) is 5.56 Å². The predicted molar refractivity (Wildman–Crippen MR) is 91.6 cm³/mol. The molecular formula is C18H19NO3S. The molecule has 0 aromatic heterocycles. The fourth-order valence-electron chi connectivity index (χ4n) is 1.84. The lowest BCUT2D eigenvalue weighted by molar-refractivity contribution is -0.141. The number of aryl methyl sites for hydroxylation is 1. The number of amides is 1. The summed E-state index contributed by atoms with van der Waals surface area (Å²) in [5.74, 6) is -0.0306. The Bertz CT molecular complexity index is 641. The molecule has 0 spiro atoms. The zero-order chi connectivity index (χ0) is 16.5. The molecule has 5 heteroatoms. The third-order valence-electron chi connectivity index (χ3n) is 3.07. The molecule has 2 aromatic carbocycles. The Morgan fingerprint density at radius 3 is 2.43 bits per heavy atom. The molecule has 0 aliphatic carbocycles. The lowest BCUT2D eigenvalue weighted by Gasteiger charge is -2.07. The van der Waals surface area contributed by atoms with Crippen molar-refractivity contribution in [1.29, 1.82) is 0 Å². The summed E-state index contributed by atoms with van der Waals surface area (Å²) < 4.78 is 5.10. The molecule has 1 amide bonds. The van der Waals surface area contributed by atoms with Gasteiger partial charge in [0.1, 0.15) is 13.2 Å². The summed E-state index contributed by atoms with van der Waals surface area (Å²) in [4.78, 5) is 24.5. The molecule has 0 radical (unpaired) electrons. The smallest absolute Gasteiger partial charge is 0.325 e. The maximum Gasteiger partial charge on any atom is 0.325 e. The standard InChI is InChI=1S/C18H19NO3S/c1-14-7-9-16(10-8-14)23-12-11-22-17(20)13-19-18(21)15-5-3-2-4-6-15/h2-10H,11-13H2,1H3,(H,19,21). The second-order valence-electron chi connectivity index (χ2n) is 4.93. The van der Waals surface area contributed by atoms with E-state index in [-0.39, 0.29) is 12.5 Å². The maximum atomic E-state index is 11.8. The van der Waals surface area contributed by atoms with Crippen molar-refractivity contribution in [3.8, 4) is 0 Å². The molecule has 0 aliphatic heterocycles. The van der Waals surface area contributed by atoms with Crippen molar-refractivity contribution in [3.05, 3.63) is 65.7 Å². The first-order valence-electron chi connectivity index (χ1n) is 7.33. The second kappa shape index (κ2) is 9.00. The first-order chi connectivity index (χ1) is 11.1. The summed E-state index contributed by atoms with van der Waals surface area (Å²) in [6, 6.07) is 16.9. The molecule has 0 aliphatic rings. The van der Waals surface area contributed by atoms with Gasteiger partial charge in [-0.3, -0.25) is 9.59 Å². The van der Waals surface area contributed by atoms with Crippen LogP contribution in [0.15, 0.2) is 59.5 Å². The molecule has 0 saturated heterocycles. The normalized spacial score (nSPS) is 10.1. The van der Waals surface area contributed by atoms with Gasteiger partial charge in [0.05, 0.1) is 0 Å². The zero-order valence-electron chi connectivity index (χ0n) is 13.0. The van der Waals surface area contributed by atoms with Crippen molar-refractivity contribution >= 4 is 23.6 Å². The summed E-state index contributed by atoms with van der Waals surface area (Å²) in [5.41, 5.74) is 1.74.